The van der Waals surface area contributed by atoms with E-state index in [2.05, 4.69) is 25.5 Å². The van der Waals surface area contributed by atoms with Gasteiger partial charge in [0.25, 0.3) is 0 Å². The molecule has 3 heterocycles. The van der Waals surface area contributed by atoms with Gasteiger partial charge in [0.05, 0.1) is 29.3 Å². The Kier molecular flexibility index (Phi) is 6.70. The second-order valence-corrected chi connectivity index (χ2v) is 9.57. The first-order valence-electron chi connectivity index (χ1n) is 11.3. The van der Waals surface area contributed by atoms with E-state index in [-0.39, 0.29) is 6.42 Å². The van der Waals surface area contributed by atoms with Crippen molar-refractivity contribution >= 4 is 17.0 Å². The van der Waals surface area contributed by atoms with Crippen LogP contribution in [0.4, 0.5) is 18.0 Å². The first-order valence-corrected chi connectivity index (χ1v) is 11.3. The Balaban J connectivity index is 1.53. The van der Waals surface area contributed by atoms with Gasteiger partial charge >= 0.3 is 12.3 Å². The van der Waals surface area contributed by atoms with Crippen LogP contribution >= 0.6 is 0 Å². The van der Waals surface area contributed by atoms with Gasteiger partial charge in [-0.3, -0.25) is 10.1 Å². The van der Waals surface area contributed by atoms with Gasteiger partial charge in [0.15, 0.2) is 0 Å². The number of rotatable bonds is 7. The van der Waals surface area contributed by atoms with Crippen LogP contribution in [0.1, 0.15) is 44.1 Å². The molecule has 0 aliphatic heterocycles. The third-order valence-electron chi connectivity index (χ3n) is 5.84. The van der Waals surface area contributed by atoms with Crippen LogP contribution in [0.2, 0.25) is 0 Å². The van der Waals surface area contributed by atoms with Crippen molar-refractivity contribution in [3.05, 3.63) is 65.9 Å². The number of fused-ring (bicyclic) bond motifs is 1. The zero-order valence-electron chi connectivity index (χ0n) is 20.0. The van der Waals surface area contributed by atoms with Gasteiger partial charge in [-0.25, -0.2) is 9.48 Å². The molecule has 1 aromatic carbocycles. The van der Waals surface area contributed by atoms with Crippen molar-refractivity contribution in [1.82, 2.24) is 35.1 Å². The van der Waals surface area contributed by atoms with Crippen LogP contribution in [0.25, 0.3) is 16.6 Å². The number of benzene rings is 1. The molecule has 4 aromatic rings. The number of carboxylic acid groups (broad SMARTS) is 1. The van der Waals surface area contributed by atoms with E-state index in [1.807, 2.05) is 18.2 Å². The van der Waals surface area contributed by atoms with Crippen LogP contribution in [0, 0.1) is 0 Å². The van der Waals surface area contributed by atoms with Gasteiger partial charge in [0, 0.05) is 23.2 Å². The Morgan fingerprint density at radius 3 is 2.58 bits per heavy atom. The molecule has 0 radical (unpaired) electrons. The SMILES string of the molecule is CC(C)(C)N(C(=O)O)[C@H](CCc1cn(-c2ccc3[nH]ncc3c2)nn1)Cc1ccc(C(F)(F)F)nc1. The number of aromatic nitrogens is 6. The van der Waals surface area contributed by atoms with Crippen molar-refractivity contribution in [3.63, 3.8) is 0 Å². The van der Waals surface area contributed by atoms with Crippen molar-refractivity contribution < 1.29 is 23.1 Å². The molecule has 0 unspecified atom stereocenters. The minimum absolute atomic E-state index is 0.208. The zero-order valence-corrected chi connectivity index (χ0v) is 20.0. The number of halogens is 3. The van der Waals surface area contributed by atoms with Crippen LogP contribution in [0.15, 0.2) is 48.9 Å². The Morgan fingerprint density at radius 1 is 1.17 bits per heavy atom. The summed E-state index contributed by atoms with van der Waals surface area (Å²) in [6.07, 6.45) is 0.0243. The van der Waals surface area contributed by atoms with Crippen molar-refractivity contribution in [3.8, 4) is 5.69 Å². The maximum atomic E-state index is 12.9. The fourth-order valence-corrected chi connectivity index (χ4v) is 4.22. The molecule has 1 atom stereocenters. The monoisotopic (exact) mass is 501 g/mol. The average Bonchev–Trinajstić information content (AvgIpc) is 3.45. The molecule has 2 N–H and O–H groups in total. The Morgan fingerprint density at radius 2 is 1.94 bits per heavy atom. The lowest BCUT2D eigenvalue weighted by Crippen LogP contribution is -2.52. The van der Waals surface area contributed by atoms with Gasteiger partial charge in [-0.15, -0.1) is 5.10 Å². The fourth-order valence-electron chi connectivity index (χ4n) is 4.22. The van der Waals surface area contributed by atoms with E-state index in [1.54, 1.807) is 37.8 Å². The standard InChI is InChI=1S/C24H26F3N7O2/c1-23(2,3)34(22(35)36)19(10-15-4-9-21(28-12-15)24(25,26)27)6-5-17-14-33(32-30-17)18-7-8-20-16(11-18)13-29-31-20/h4,7-9,11-14,19H,5-6,10H2,1-3H3,(H,29,31)(H,35,36)/t19-/m1/s1. The lowest BCUT2D eigenvalue weighted by molar-refractivity contribution is -0.141. The van der Waals surface area contributed by atoms with E-state index in [0.29, 0.717) is 24.1 Å². The number of nitrogens with one attached hydrogen (secondary N) is 1. The highest BCUT2D eigenvalue weighted by Gasteiger charge is 2.34. The largest absolute Gasteiger partial charge is 0.465 e. The number of amides is 1. The highest BCUT2D eigenvalue weighted by Crippen LogP contribution is 2.28. The molecular weight excluding hydrogens is 475 g/mol. The van der Waals surface area contributed by atoms with Gasteiger partial charge in [0.2, 0.25) is 0 Å². The number of aromatic amines is 1. The second-order valence-electron chi connectivity index (χ2n) is 9.57. The number of H-pyrrole nitrogens is 1. The van der Waals surface area contributed by atoms with E-state index in [0.717, 1.165) is 28.9 Å². The third kappa shape index (κ3) is 5.64. The predicted octanol–water partition coefficient (Wildman–Crippen LogP) is 4.88. The van der Waals surface area contributed by atoms with Gasteiger partial charge in [-0.2, -0.15) is 18.3 Å². The number of hydrogen-bond donors (Lipinski definition) is 2. The first kappa shape index (κ1) is 25.1. The molecule has 3 aromatic heterocycles. The summed E-state index contributed by atoms with van der Waals surface area (Å²) in [5.41, 5.74) is 1.16. The zero-order chi connectivity index (χ0) is 26.1. The Bertz CT molecular complexity index is 1340. The normalized spacial score (nSPS) is 13.2. The number of aryl methyl sites for hydroxylation is 1. The molecule has 0 saturated carbocycles. The molecule has 0 fully saturated rings. The van der Waals surface area contributed by atoms with Crippen LogP contribution in [0.5, 0.6) is 0 Å². The summed E-state index contributed by atoms with van der Waals surface area (Å²) in [5.74, 6) is 0. The van der Waals surface area contributed by atoms with Gasteiger partial charge < -0.3 is 10.0 Å². The van der Waals surface area contributed by atoms with E-state index >= 15 is 0 Å². The summed E-state index contributed by atoms with van der Waals surface area (Å²) in [6.45, 7) is 5.34. The molecule has 0 aliphatic rings. The van der Waals surface area contributed by atoms with Crippen molar-refractivity contribution in [2.45, 2.75) is 57.8 Å². The lowest BCUT2D eigenvalue weighted by Gasteiger charge is -2.40. The molecule has 0 bridgehead atoms. The molecule has 12 heteroatoms. The molecule has 36 heavy (non-hydrogen) atoms. The number of nitrogens with zero attached hydrogens (tertiary/aromatic N) is 6. The van der Waals surface area contributed by atoms with Crippen LogP contribution < -0.4 is 0 Å². The molecule has 0 aliphatic carbocycles. The topological polar surface area (TPSA) is 113 Å². The molecular formula is C24H26F3N7O2. The average molecular weight is 502 g/mol. The quantitative estimate of drug-likeness (QED) is 0.373. The first-order chi connectivity index (χ1) is 16.9. The highest BCUT2D eigenvalue weighted by atomic mass is 19.4. The maximum absolute atomic E-state index is 12.9. The summed E-state index contributed by atoms with van der Waals surface area (Å²) >= 11 is 0. The summed E-state index contributed by atoms with van der Waals surface area (Å²) < 4.78 is 40.3. The van der Waals surface area contributed by atoms with Crippen molar-refractivity contribution in [2.75, 3.05) is 0 Å². The maximum Gasteiger partial charge on any atom is 0.433 e. The summed E-state index contributed by atoms with van der Waals surface area (Å²) in [6, 6.07) is 7.43. The summed E-state index contributed by atoms with van der Waals surface area (Å²) in [5, 5.41) is 26.2. The van der Waals surface area contributed by atoms with E-state index in [1.165, 1.54) is 11.0 Å². The summed E-state index contributed by atoms with van der Waals surface area (Å²) in [7, 11) is 0. The smallest absolute Gasteiger partial charge is 0.433 e. The number of alkyl halides is 3. The van der Waals surface area contributed by atoms with Crippen LogP contribution in [-0.2, 0) is 19.0 Å². The Hall–Kier alpha value is -3.96. The fraction of sp³-hybridized carbons (Fsp3) is 0.375. The number of hydrogen-bond acceptors (Lipinski definition) is 5. The molecule has 4 rings (SSSR count). The molecule has 0 saturated heterocycles. The van der Waals surface area contributed by atoms with Gasteiger partial charge in [0.1, 0.15) is 5.69 Å². The van der Waals surface area contributed by atoms with Crippen molar-refractivity contribution in [2.24, 2.45) is 0 Å². The molecule has 1 amide bonds. The minimum atomic E-state index is -4.54. The van der Waals surface area contributed by atoms with Gasteiger partial charge in [-0.1, -0.05) is 11.3 Å². The van der Waals surface area contributed by atoms with E-state index < -0.39 is 29.5 Å². The summed E-state index contributed by atoms with van der Waals surface area (Å²) in [4.78, 5) is 17.0. The third-order valence-corrected chi connectivity index (χ3v) is 5.84. The molecule has 9 nitrogen and oxygen atoms in total. The minimum Gasteiger partial charge on any atom is -0.465 e. The van der Waals surface area contributed by atoms with Crippen LogP contribution in [0.3, 0.4) is 0 Å². The number of carbonyl (C=O) groups is 1. The molecule has 0 spiro atoms. The Labute approximate surface area is 205 Å². The highest BCUT2D eigenvalue weighted by molar-refractivity contribution is 5.80. The van der Waals surface area contributed by atoms with Gasteiger partial charge in [-0.05, 0) is 69.9 Å². The predicted molar refractivity (Wildman–Crippen MR) is 126 cm³/mol. The van der Waals surface area contributed by atoms with E-state index in [9.17, 15) is 23.1 Å². The second kappa shape index (κ2) is 9.59. The molecule has 190 valence electrons. The van der Waals surface area contributed by atoms with E-state index in [4.69, 9.17) is 0 Å². The lowest BCUT2D eigenvalue weighted by atomic mass is 9.95. The van der Waals surface area contributed by atoms with Crippen LogP contribution in [-0.4, -0.2) is 57.9 Å². The number of pyridine rings is 1. The van der Waals surface area contributed by atoms with Crippen molar-refractivity contribution in [1.29, 1.82) is 0 Å².